The van der Waals surface area contributed by atoms with Gasteiger partial charge in [0.2, 0.25) is 0 Å². The Morgan fingerprint density at radius 2 is 2.17 bits per heavy atom. The van der Waals surface area contributed by atoms with E-state index >= 15 is 0 Å². The number of alkyl halides is 3. The van der Waals surface area contributed by atoms with Crippen LogP contribution in [0.3, 0.4) is 0 Å². The van der Waals surface area contributed by atoms with Crippen molar-refractivity contribution in [3.05, 3.63) is 34.1 Å². The van der Waals surface area contributed by atoms with Gasteiger partial charge in [0.1, 0.15) is 5.69 Å². The monoisotopic (exact) mass is 316 g/mol. The van der Waals surface area contributed by atoms with E-state index in [1.165, 1.54) is 4.52 Å². The fourth-order valence-corrected chi connectivity index (χ4v) is 2.00. The van der Waals surface area contributed by atoms with Crippen LogP contribution in [-0.2, 0) is 6.42 Å². The number of rotatable bonds is 1. The topological polar surface area (TPSA) is 17.3 Å². The molecule has 0 unspecified atom stereocenters. The first-order valence-corrected chi connectivity index (χ1v) is 5.86. The van der Waals surface area contributed by atoms with Gasteiger partial charge in [-0.2, -0.15) is 18.3 Å². The van der Waals surface area contributed by atoms with E-state index < -0.39 is 12.6 Å². The number of hydrogen-bond donors (Lipinski definition) is 0. The third kappa shape index (κ3) is 2.67. The lowest BCUT2D eigenvalue weighted by atomic mass is 10.1. The fraction of sp³-hybridized carbons (Fsp3) is 0.250. The summed E-state index contributed by atoms with van der Waals surface area (Å²) in [4.78, 5) is 0. The zero-order valence-corrected chi connectivity index (χ0v) is 10.9. The first-order chi connectivity index (χ1) is 8.40. The maximum atomic E-state index is 12.6. The third-order valence-electron chi connectivity index (χ3n) is 2.32. The maximum absolute atomic E-state index is 12.6. The van der Waals surface area contributed by atoms with Gasteiger partial charge in [-0.15, -0.1) is 0 Å². The Kier molecular flexibility index (Phi) is 3.35. The van der Waals surface area contributed by atoms with Crippen LogP contribution < -0.4 is 0 Å². The summed E-state index contributed by atoms with van der Waals surface area (Å²) < 4.78 is 39.8. The van der Waals surface area contributed by atoms with Crippen LogP contribution in [0.5, 0.6) is 0 Å². The van der Waals surface area contributed by atoms with Gasteiger partial charge in [0.15, 0.2) is 0 Å². The Balaban J connectivity index is 2.67. The molecule has 94 valence electrons. The third-order valence-corrected chi connectivity index (χ3v) is 2.81. The summed E-state index contributed by atoms with van der Waals surface area (Å²) in [5.41, 5.74) is 0.700. The molecular formula is C12H8BrF3N2. The van der Waals surface area contributed by atoms with Crippen LogP contribution in [0.2, 0.25) is 0 Å². The van der Waals surface area contributed by atoms with Crippen molar-refractivity contribution >= 4 is 21.4 Å². The number of aromatic nitrogens is 2. The van der Waals surface area contributed by atoms with Crippen molar-refractivity contribution in [3.63, 3.8) is 0 Å². The minimum atomic E-state index is -4.28. The van der Waals surface area contributed by atoms with Crippen molar-refractivity contribution in [2.45, 2.75) is 19.5 Å². The largest absolute Gasteiger partial charge is 0.393 e. The molecule has 0 radical (unpaired) electrons. The molecule has 0 aliphatic rings. The number of halogens is 4. The van der Waals surface area contributed by atoms with E-state index in [2.05, 4.69) is 32.9 Å². The zero-order valence-electron chi connectivity index (χ0n) is 9.35. The maximum Gasteiger partial charge on any atom is 0.393 e. The lowest BCUT2D eigenvalue weighted by Gasteiger charge is -2.05. The molecule has 0 aromatic carbocycles. The molecule has 0 aliphatic heterocycles. The summed E-state index contributed by atoms with van der Waals surface area (Å²) in [5, 5.41) is 4.05. The fourth-order valence-electron chi connectivity index (χ4n) is 1.66. The first kappa shape index (κ1) is 13.0. The molecule has 2 nitrogen and oxygen atoms in total. The molecule has 18 heavy (non-hydrogen) atoms. The minimum Gasteiger partial charge on any atom is -0.239 e. The molecule has 2 aromatic heterocycles. The van der Waals surface area contributed by atoms with Gasteiger partial charge in [0.05, 0.1) is 11.9 Å². The predicted octanol–water partition coefficient (Wildman–Crippen LogP) is 3.57. The van der Waals surface area contributed by atoms with E-state index in [4.69, 9.17) is 0 Å². The summed E-state index contributed by atoms with van der Waals surface area (Å²) in [6.45, 7) is 1.57. The molecule has 0 bridgehead atoms. The van der Waals surface area contributed by atoms with E-state index in [0.717, 1.165) is 0 Å². The van der Waals surface area contributed by atoms with Gasteiger partial charge in [0.25, 0.3) is 0 Å². The Bertz CT molecular complexity index is 647. The molecule has 0 saturated heterocycles. The quantitative estimate of drug-likeness (QED) is 0.735. The van der Waals surface area contributed by atoms with E-state index in [0.29, 0.717) is 9.99 Å². The highest BCUT2D eigenvalue weighted by Gasteiger charge is 2.31. The Morgan fingerprint density at radius 3 is 2.78 bits per heavy atom. The molecule has 0 spiro atoms. The second-order valence-corrected chi connectivity index (χ2v) is 4.58. The van der Waals surface area contributed by atoms with E-state index in [-0.39, 0.29) is 11.3 Å². The lowest BCUT2D eigenvalue weighted by molar-refractivity contribution is -0.127. The Hall–Kier alpha value is -1.48. The summed E-state index contributed by atoms with van der Waals surface area (Å²) in [6, 6.07) is 3.31. The van der Waals surface area contributed by atoms with E-state index in [9.17, 15) is 13.2 Å². The Labute approximate surface area is 110 Å². The highest BCUT2D eigenvalue weighted by molar-refractivity contribution is 9.10. The van der Waals surface area contributed by atoms with Gasteiger partial charge >= 0.3 is 6.18 Å². The summed E-state index contributed by atoms with van der Waals surface area (Å²) >= 11 is 3.24. The lowest BCUT2D eigenvalue weighted by Crippen LogP contribution is -2.12. The predicted molar refractivity (Wildman–Crippen MR) is 65.2 cm³/mol. The van der Waals surface area contributed by atoms with Gasteiger partial charge in [0, 0.05) is 16.2 Å². The summed E-state index contributed by atoms with van der Waals surface area (Å²) in [5.74, 6) is 5.19. The molecule has 2 rings (SSSR count). The smallest absolute Gasteiger partial charge is 0.239 e. The number of pyridine rings is 1. The summed E-state index contributed by atoms with van der Waals surface area (Å²) in [6.07, 6.45) is -3.72. The first-order valence-electron chi connectivity index (χ1n) is 5.07. The molecule has 2 aromatic rings. The number of fused-ring (bicyclic) bond motifs is 1. The van der Waals surface area contributed by atoms with Crippen LogP contribution in [0.15, 0.2) is 22.8 Å². The van der Waals surface area contributed by atoms with Crippen molar-refractivity contribution in [3.8, 4) is 11.8 Å². The highest BCUT2D eigenvalue weighted by atomic mass is 79.9. The van der Waals surface area contributed by atoms with Crippen LogP contribution in [0.1, 0.15) is 18.2 Å². The normalized spacial score (nSPS) is 11.4. The molecule has 0 aliphatic carbocycles. The Morgan fingerprint density at radius 1 is 1.44 bits per heavy atom. The molecule has 0 N–H and O–H groups in total. The molecule has 0 saturated carbocycles. The van der Waals surface area contributed by atoms with Crippen LogP contribution in [0.25, 0.3) is 5.52 Å². The zero-order chi connectivity index (χ0) is 13.3. The van der Waals surface area contributed by atoms with Crippen LogP contribution in [0, 0.1) is 11.8 Å². The number of nitrogens with zero attached hydrogens (tertiary/aromatic N) is 2. The average Bonchev–Trinajstić information content (AvgIpc) is 2.56. The second-order valence-electron chi connectivity index (χ2n) is 3.67. The van der Waals surface area contributed by atoms with Crippen LogP contribution in [-0.4, -0.2) is 15.8 Å². The average molecular weight is 317 g/mol. The van der Waals surface area contributed by atoms with Gasteiger partial charge in [-0.1, -0.05) is 21.9 Å². The van der Waals surface area contributed by atoms with Crippen molar-refractivity contribution in [1.29, 1.82) is 0 Å². The molecule has 0 amide bonds. The second kappa shape index (κ2) is 4.65. The molecule has 6 heteroatoms. The van der Waals surface area contributed by atoms with Crippen molar-refractivity contribution in [2.24, 2.45) is 0 Å². The molecular weight excluding hydrogens is 309 g/mol. The standard InChI is InChI=1S/C12H8BrF3N2/c1-2-3-10-9(7-12(14,15)16)11-6-8(13)4-5-18(11)17-10/h4-6H,7H2,1H3. The van der Waals surface area contributed by atoms with Crippen molar-refractivity contribution < 1.29 is 13.2 Å². The van der Waals surface area contributed by atoms with Gasteiger partial charge in [-0.05, 0) is 25.0 Å². The van der Waals surface area contributed by atoms with Gasteiger partial charge in [-0.25, -0.2) is 4.52 Å². The van der Waals surface area contributed by atoms with Crippen LogP contribution >= 0.6 is 15.9 Å². The van der Waals surface area contributed by atoms with Crippen molar-refractivity contribution in [1.82, 2.24) is 9.61 Å². The molecule has 0 fully saturated rings. The van der Waals surface area contributed by atoms with Gasteiger partial charge in [-0.3, -0.25) is 0 Å². The highest BCUT2D eigenvalue weighted by Crippen LogP contribution is 2.27. The van der Waals surface area contributed by atoms with Crippen molar-refractivity contribution in [2.75, 3.05) is 0 Å². The SMILES string of the molecule is CC#Cc1nn2ccc(Br)cc2c1CC(F)(F)F. The van der Waals surface area contributed by atoms with E-state index in [1.807, 2.05) is 0 Å². The molecule has 2 heterocycles. The van der Waals surface area contributed by atoms with Crippen LogP contribution in [0.4, 0.5) is 13.2 Å². The van der Waals surface area contributed by atoms with E-state index in [1.54, 1.807) is 25.3 Å². The number of hydrogen-bond acceptors (Lipinski definition) is 1. The summed E-state index contributed by atoms with van der Waals surface area (Å²) in [7, 11) is 0. The minimum absolute atomic E-state index is 0.109. The molecule has 0 atom stereocenters. The van der Waals surface area contributed by atoms with Gasteiger partial charge < -0.3 is 0 Å².